The second kappa shape index (κ2) is 8.89. The molecule has 0 saturated carbocycles. The van der Waals surface area contributed by atoms with E-state index in [1.165, 1.54) is 0 Å². The fourth-order valence-corrected chi connectivity index (χ4v) is 1.48. The van der Waals surface area contributed by atoms with E-state index in [2.05, 4.69) is 9.98 Å². The van der Waals surface area contributed by atoms with Crippen LogP contribution in [0.2, 0.25) is 0 Å². The van der Waals surface area contributed by atoms with Gasteiger partial charge >= 0.3 is 37.3 Å². The van der Waals surface area contributed by atoms with Crippen LogP contribution in [0.25, 0.3) is 0 Å². The van der Waals surface area contributed by atoms with Crippen LogP contribution >= 0.6 is 0 Å². The Morgan fingerprint density at radius 2 is 1.00 bits per heavy atom. The molecule has 19 heteroatoms. The van der Waals surface area contributed by atoms with E-state index in [0.717, 1.165) is 0 Å². The molecule has 0 aliphatic carbocycles. The van der Waals surface area contributed by atoms with Crippen molar-refractivity contribution in [3.8, 4) is 0 Å². The fourth-order valence-electron chi connectivity index (χ4n) is 1.48. The maximum atomic E-state index is 12.2. The van der Waals surface area contributed by atoms with Gasteiger partial charge in [-0.3, -0.25) is 9.11 Å². The molecule has 0 aromatic carbocycles. The maximum absolute atomic E-state index is 12.2. The van der Waals surface area contributed by atoms with Crippen LogP contribution in [0.5, 0.6) is 0 Å². The van der Waals surface area contributed by atoms with Crippen LogP contribution in [-0.4, -0.2) is 78.7 Å². The quantitative estimate of drug-likeness (QED) is 0.227. The van der Waals surface area contributed by atoms with Crippen LogP contribution < -0.4 is 0 Å². The van der Waals surface area contributed by atoms with Gasteiger partial charge in [-0.15, -0.1) is 8.97 Å². The number of urea groups is 1. The highest BCUT2D eigenvalue weighted by Gasteiger charge is 2.47. The van der Waals surface area contributed by atoms with E-state index < -0.39 is 31.3 Å². The molecule has 0 aromatic heterocycles. The van der Waals surface area contributed by atoms with E-state index in [9.17, 15) is 31.1 Å². The molecule has 2 heterocycles. The average Bonchev–Trinajstić information content (AvgIpc) is 3.14. The lowest BCUT2D eigenvalue weighted by Crippen LogP contribution is -2.56. The van der Waals surface area contributed by atoms with Gasteiger partial charge in [0.1, 0.15) is 12.4 Å². The van der Waals surface area contributed by atoms with Crippen LogP contribution in [0.4, 0.5) is 31.1 Å². The lowest BCUT2D eigenvalue weighted by molar-refractivity contribution is -0.803. The molecule has 0 bridgehead atoms. The second-order valence-electron chi connectivity index (χ2n) is 5.54. The van der Waals surface area contributed by atoms with Crippen molar-refractivity contribution in [3.63, 3.8) is 0 Å². The fraction of sp³-hybridized carbons (Fsp3) is 0.364. The van der Waals surface area contributed by atoms with E-state index in [0.29, 0.717) is 0 Å². The standard InChI is InChI=1S/C9H12N4O.2CHF3O3S/c1-12(5-3-10-7-12)9(14)13(2)6-4-11-8-13;2*2-1(3,4)8(5,6)7/h3-8H,1-2H3;2*(H,5,6,7)/q+2;;. The predicted octanol–water partition coefficient (Wildman–Crippen LogP) is 1.81. The van der Waals surface area contributed by atoms with Gasteiger partial charge in [-0.2, -0.15) is 48.0 Å². The van der Waals surface area contributed by atoms with Gasteiger partial charge in [0.05, 0.1) is 26.5 Å². The molecular formula is C11H14F6N4O7S2+2. The lowest BCUT2D eigenvalue weighted by atomic mass is 10.5. The lowest BCUT2D eigenvalue weighted by Gasteiger charge is -2.24. The second-order valence-corrected chi connectivity index (χ2v) is 8.37. The number of carbonyl (C=O) groups is 1. The largest absolute Gasteiger partial charge is 0.535 e. The van der Waals surface area contributed by atoms with Crippen LogP contribution in [0.1, 0.15) is 0 Å². The minimum absolute atomic E-state index is 0.0139. The third-order valence-corrected chi connectivity index (χ3v) is 4.12. The Morgan fingerprint density at radius 1 is 0.767 bits per heavy atom. The molecule has 30 heavy (non-hydrogen) atoms. The Balaban J connectivity index is 0.000000456. The summed E-state index contributed by atoms with van der Waals surface area (Å²) in [6.07, 6.45) is 9.94. The number of nitrogens with zero attached hydrogens (tertiary/aromatic N) is 4. The van der Waals surface area contributed by atoms with E-state index in [4.69, 9.17) is 25.9 Å². The van der Waals surface area contributed by atoms with Crippen LogP contribution in [0.3, 0.4) is 0 Å². The van der Waals surface area contributed by atoms with Crippen molar-refractivity contribution >= 4 is 38.9 Å². The molecule has 11 nitrogen and oxygen atoms in total. The minimum Gasteiger partial charge on any atom is -0.279 e. The first kappa shape index (κ1) is 27.8. The molecule has 0 aromatic rings. The van der Waals surface area contributed by atoms with Gasteiger partial charge in [0.15, 0.2) is 0 Å². The van der Waals surface area contributed by atoms with Crippen molar-refractivity contribution in [1.82, 2.24) is 0 Å². The Hall–Kier alpha value is -2.19. The molecule has 2 amide bonds. The summed E-state index contributed by atoms with van der Waals surface area (Å²) in [6.45, 7) is 0. The molecule has 2 aliphatic heterocycles. The van der Waals surface area contributed by atoms with Crippen LogP contribution in [-0.2, 0) is 20.2 Å². The normalized spacial score (nSPS) is 25.4. The summed E-state index contributed by atoms with van der Waals surface area (Å²) in [5, 5.41) is 0. The van der Waals surface area contributed by atoms with Gasteiger partial charge in [0, 0.05) is 0 Å². The van der Waals surface area contributed by atoms with Crippen molar-refractivity contribution in [2.24, 2.45) is 9.98 Å². The highest BCUT2D eigenvalue weighted by molar-refractivity contribution is 7.86. The first-order valence-electron chi connectivity index (χ1n) is 6.85. The SMILES string of the molecule is C[N+]1(C(=O)[N+]2(C)C=CN=C2)C=CN=C1.O=S(=O)(O)C(F)(F)F.O=S(=O)(O)C(F)(F)F. The summed E-state index contributed by atoms with van der Waals surface area (Å²) in [5.41, 5.74) is -11.1. The van der Waals surface area contributed by atoms with Crippen molar-refractivity contribution < 1.29 is 66.0 Å². The van der Waals surface area contributed by atoms with Crippen molar-refractivity contribution in [2.75, 3.05) is 14.1 Å². The zero-order chi connectivity index (χ0) is 24.2. The number of hydrogen-bond donors (Lipinski definition) is 2. The third-order valence-electron chi connectivity index (χ3n) is 2.95. The molecule has 0 spiro atoms. The van der Waals surface area contributed by atoms with Gasteiger partial charge in [-0.25, -0.2) is 9.98 Å². The Kier molecular flexibility index (Phi) is 8.25. The number of alkyl halides is 6. The molecule has 2 unspecified atom stereocenters. The van der Waals surface area contributed by atoms with E-state index >= 15 is 0 Å². The average molecular weight is 492 g/mol. The molecular weight excluding hydrogens is 478 g/mol. The van der Waals surface area contributed by atoms with Gasteiger partial charge in [-0.05, 0) is 0 Å². The summed E-state index contributed by atoms with van der Waals surface area (Å²) >= 11 is 0. The molecule has 2 rings (SSSR count). The molecule has 0 radical (unpaired) electrons. The number of rotatable bonds is 0. The zero-order valence-corrected chi connectivity index (χ0v) is 16.4. The maximum Gasteiger partial charge on any atom is 0.535 e. The van der Waals surface area contributed by atoms with Gasteiger partial charge < -0.3 is 0 Å². The van der Waals surface area contributed by atoms with Gasteiger partial charge in [0.2, 0.25) is 12.7 Å². The summed E-state index contributed by atoms with van der Waals surface area (Å²) < 4.78 is 115. The number of hydrogen-bond acceptors (Lipinski definition) is 7. The van der Waals surface area contributed by atoms with Crippen LogP contribution in [0, 0.1) is 0 Å². The van der Waals surface area contributed by atoms with E-state index in [-0.39, 0.29) is 15.0 Å². The smallest absolute Gasteiger partial charge is 0.279 e. The summed E-state index contributed by atoms with van der Waals surface area (Å²) in [6, 6.07) is -0.0139. The van der Waals surface area contributed by atoms with Crippen molar-refractivity contribution in [2.45, 2.75) is 11.0 Å². The predicted molar refractivity (Wildman–Crippen MR) is 88.2 cm³/mol. The van der Waals surface area contributed by atoms with E-state index in [1.807, 2.05) is 0 Å². The number of halogens is 6. The highest BCUT2D eigenvalue weighted by atomic mass is 32.2. The molecule has 2 aliphatic rings. The summed E-state index contributed by atoms with van der Waals surface area (Å²) in [7, 11) is -8.10. The first-order valence-corrected chi connectivity index (χ1v) is 9.73. The van der Waals surface area contributed by atoms with Gasteiger partial charge in [0.25, 0.3) is 0 Å². The highest BCUT2D eigenvalue weighted by Crippen LogP contribution is 2.21. The molecule has 172 valence electrons. The topological polar surface area (TPSA) is 151 Å². The number of carbonyl (C=O) groups excluding carboxylic acids is 1. The number of amides is 2. The minimum atomic E-state index is -5.84. The van der Waals surface area contributed by atoms with E-state index in [1.54, 1.807) is 51.6 Å². The Morgan fingerprint density at radius 3 is 1.13 bits per heavy atom. The molecule has 2 atom stereocenters. The first-order chi connectivity index (χ1) is 13.1. The van der Waals surface area contributed by atoms with Gasteiger partial charge in [-0.1, -0.05) is 0 Å². The summed E-state index contributed by atoms with van der Waals surface area (Å²) in [5.74, 6) is 0. The molecule has 0 saturated heterocycles. The van der Waals surface area contributed by atoms with Crippen molar-refractivity contribution in [3.05, 3.63) is 24.8 Å². The molecule has 2 N–H and O–H groups in total. The monoisotopic (exact) mass is 492 g/mol. The Bertz CT molecular complexity index is 878. The summed E-state index contributed by atoms with van der Waals surface area (Å²) in [4.78, 5) is 20.0. The third kappa shape index (κ3) is 7.57. The zero-order valence-electron chi connectivity index (χ0n) is 14.8. The van der Waals surface area contributed by atoms with Crippen molar-refractivity contribution in [1.29, 1.82) is 0 Å². The van der Waals surface area contributed by atoms with Crippen LogP contribution in [0.15, 0.2) is 34.8 Å². The Labute approximate surface area is 165 Å². The number of quaternary nitrogens is 2. The molecule has 0 fully saturated rings. The number of aliphatic imine (C=N–C) groups is 2.